The minimum Gasteiger partial charge on any atom is -0.508 e. The first-order chi connectivity index (χ1) is 9.90. The van der Waals surface area contributed by atoms with Crippen molar-refractivity contribution in [1.82, 2.24) is 9.78 Å². The first-order valence-electron chi connectivity index (χ1n) is 6.30. The number of amides is 1. The number of aromatic nitrogens is 2. The van der Waals surface area contributed by atoms with Crippen molar-refractivity contribution >= 4 is 11.6 Å². The Balaban J connectivity index is 2.18. The summed E-state index contributed by atoms with van der Waals surface area (Å²) in [7, 11) is 1.38. The van der Waals surface area contributed by atoms with Gasteiger partial charge in [0.25, 0.3) is 6.43 Å². The van der Waals surface area contributed by atoms with Crippen LogP contribution >= 0.6 is 0 Å². The number of phenols is 1. The Kier molecular flexibility index (Phi) is 4.21. The summed E-state index contributed by atoms with van der Waals surface area (Å²) in [5.74, 6) is -1.000. The highest BCUT2D eigenvalue weighted by Crippen LogP contribution is 2.28. The van der Waals surface area contributed by atoms with Gasteiger partial charge in [0.2, 0.25) is 5.91 Å². The highest BCUT2D eigenvalue weighted by atomic mass is 19.3. The Morgan fingerprint density at radius 3 is 2.76 bits per heavy atom. The average molecular weight is 295 g/mol. The zero-order valence-corrected chi connectivity index (χ0v) is 11.5. The van der Waals surface area contributed by atoms with E-state index >= 15 is 0 Å². The molecular weight excluding hydrogens is 280 g/mol. The monoisotopic (exact) mass is 295 g/mol. The van der Waals surface area contributed by atoms with Crippen LogP contribution in [0.4, 0.5) is 14.5 Å². The van der Waals surface area contributed by atoms with Gasteiger partial charge in [0.15, 0.2) is 0 Å². The Morgan fingerprint density at radius 1 is 1.43 bits per heavy atom. The summed E-state index contributed by atoms with van der Waals surface area (Å²) in [6.45, 7) is 1.63. The number of aromatic hydroxyl groups is 1. The molecular formula is C14H15F2N3O2. The zero-order valence-electron chi connectivity index (χ0n) is 11.5. The predicted octanol–water partition coefficient (Wildman–Crippen LogP) is 2.81. The molecule has 0 fully saturated rings. The second-order valence-corrected chi connectivity index (χ2v) is 4.67. The molecule has 1 aromatic carbocycles. The smallest absolute Gasteiger partial charge is 0.282 e. The first-order valence-corrected chi connectivity index (χ1v) is 6.30. The van der Waals surface area contributed by atoms with Gasteiger partial charge >= 0.3 is 0 Å². The summed E-state index contributed by atoms with van der Waals surface area (Å²) < 4.78 is 26.8. The maximum absolute atomic E-state index is 12.9. The Hall–Kier alpha value is -2.44. The van der Waals surface area contributed by atoms with E-state index in [2.05, 4.69) is 10.4 Å². The molecule has 2 aromatic rings. The molecule has 1 atom stereocenters. The molecule has 112 valence electrons. The van der Waals surface area contributed by atoms with Gasteiger partial charge in [-0.2, -0.15) is 5.10 Å². The van der Waals surface area contributed by atoms with Crippen LogP contribution in [0.15, 0.2) is 30.5 Å². The van der Waals surface area contributed by atoms with Gasteiger partial charge in [0, 0.05) is 7.05 Å². The molecule has 2 N–H and O–H groups in total. The fourth-order valence-electron chi connectivity index (χ4n) is 1.99. The van der Waals surface area contributed by atoms with Crippen molar-refractivity contribution in [2.75, 3.05) is 5.32 Å². The molecule has 0 aliphatic carbocycles. The molecule has 0 unspecified atom stereocenters. The van der Waals surface area contributed by atoms with E-state index in [1.807, 2.05) is 0 Å². The SMILES string of the molecule is C[C@@H](C(=O)Nc1cnn(C)c1C(F)F)c1cccc(O)c1. The molecule has 21 heavy (non-hydrogen) atoms. The van der Waals surface area contributed by atoms with Crippen LogP contribution in [-0.4, -0.2) is 20.8 Å². The molecule has 0 bridgehead atoms. The lowest BCUT2D eigenvalue weighted by Gasteiger charge is -2.13. The molecule has 1 heterocycles. The number of phenolic OH excluding ortho intramolecular Hbond substituents is 1. The van der Waals surface area contributed by atoms with E-state index in [0.717, 1.165) is 4.68 Å². The summed E-state index contributed by atoms with van der Waals surface area (Å²) >= 11 is 0. The Morgan fingerprint density at radius 2 is 2.14 bits per heavy atom. The highest BCUT2D eigenvalue weighted by molar-refractivity contribution is 5.96. The third-order valence-electron chi connectivity index (χ3n) is 3.21. The van der Waals surface area contributed by atoms with Gasteiger partial charge < -0.3 is 10.4 Å². The van der Waals surface area contributed by atoms with Crippen molar-refractivity contribution in [3.8, 4) is 5.75 Å². The minimum atomic E-state index is -2.73. The van der Waals surface area contributed by atoms with Gasteiger partial charge in [-0.1, -0.05) is 12.1 Å². The number of halogens is 2. The van der Waals surface area contributed by atoms with Gasteiger partial charge in [-0.15, -0.1) is 0 Å². The van der Waals surface area contributed by atoms with E-state index in [0.29, 0.717) is 5.56 Å². The van der Waals surface area contributed by atoms with Gasteiger partial charge in [0.1, 0.15) is 11.4 Å². The topological polar surface area (TPSA) is 67.2 Å². The third-order valence-corrected chi connectivity index (χ3v) is 3.21. The van der Waals surface area contributed by atoms with Gasteiger partial charge in [-0.3, -0.25) is 9.48 Å². The normalized spacial score (nSPS) is 12.4. The highest BCUT2D eigenvalue weighted by Gasteiger charge is 2.22. The first kappa shape index (κ1) is 15.0. The molecule has 7 heteroatoms. The predicted molar refractivity (Wildman–Crippen MR) is 73.3 cm³/mol. The molecule has 0 radical (unpaired) electrons. The number of nitrogens with one attached hydrogen (secondary N) is 1. The lowest BCUT2D eigenvalue weighted by molar-refractivity contribution is -0.117. The fraction of sp³-hybridized carbons (Fsp3) is 0.286. The van der Waals surface area contributed by atoms with E-state index in [1.54, 1.807) is 19.1 Å². The maximum Gasteiger partial charge on any atom is 0.282 e. The van der Waals surface area contributed by atoms with Crippen LogP contribution in [0.3, 0.4) is 0 Å². The van der Waals surface area contributed by atoms with Crippen LogP contribution in [-0.2, 0) is 11.8 Å². The number of anilines is 1. The van der Waals surface area contributed by atoms with Crippen LogP contribution < -0.4 is 5.32 Å². The van der Waals surface area contributed by atoms with Crippen LogP contribution in [0, 0.1) is 0 Å². The van der Waals surface area contributed by atoms with Crippen LogP contribution in [0.2, 0.25) is 0 Å². The molecule has 0 aliphatic heterocycles. The van der Waals surface area contributed by atoms with Crippen LogP contribution in [0.25, 0.3) is 0 Å². The lowest BCUT2D eigenvalue weighted by Crippen LogP contribution is -2.19. The largest absolute Gasteiger partial charge is 0.508 e. The number of nitrogens with zero attached hydrogens (tertiary/aromatic N) is 2. The fourth-order valence-corrected chi connectivity index (χ4v) is 1.99. The van der Waals surface area contributed by atoms with Crippen molar-refractivity contribution in [2.45, 2.75) is 19.3 Å². The van der Waals surface area contributed by atoms with Gasteiger partial charge in [0.05, 0.1) is 17.8 Å². The summed E-state index contributed by atoms with van der Waals surface area (Å²) in [4.78, 5) is 12.1. The number of benzene rings is 1. The van der Waals surface area contributed by atoms with E-state index in [1.165, 1.54) is 25.4 Å². The van der Waals surface area contributed by atoms with Gasteiger partial charge in [-0.05, 0) is 24.6 Å². The van der Waals surface area contributed by atoms with Gasteiger partial charge in [-0.25, -0.2) is 8.78 Å². The van der Waals surface area contributed by atoms with Crippen LogP contribution in [0.5, 0.6) is 5.75 Å². The maximum atomic E-state index is 12.9. The average Bonchev–Trinajstić information content (AvgIpc) is 2.78. The molecule has 0 aliphatic rings. The minimum absolute atomic E-state index is 0.00972. The summed E-state index contributed by atoms with van der Waals surface area (Å²) in [6, 6.07) is 6.25. The summed E-state index contributed by atoms with van der Waals surface area (Å²) in [6.07, 6.45) is -1.54. The Labute approximate surface area is 120 Å². The van der Waals surface area contributed by atoms with E-state index in [9.17, 15) is 18.7 Å². The van der Waals surface area contributed by atoms with Crippen LogP contribution in [0.1, 0.15) is 30.5 Å². The molecule has 2 rings (SSSR count). The number of carbonyl (C=O) groups excluding carboxylic acids is 1. The summed E-state index contributed by atoms with van der Waals surface area (Å²) in [5, 5.41) is 15.6. The van der Waals surface area contributed by atoms with E-state index in [-0.39, 0.29) is 17.1 Å². The number of carbonyl (C=O) groups is 1. The number of aryl methyl sites for hydroxylation is 1. The quantitative estimate of drug-likeness (QED) is 0.911. The second kappa shape index (κ2) is 5.90. The number of hydrogen-bond acceptors (Lipinski definition) is 3. The number of hydrogen-bond donors (Lipinski definition) is 2. The molecule has 0 saturated carbocycles. The lowest BCUT2D eigenvalue weighted by atomic mass is 10.00. The standard InChI is InChI=1S/C14H15F2N3O2/c1-8(9-4-3-5-10(20)6-9)14(21)18-11-7-17-19(2)12(11)13(15)16/h3-8,13,20H,1-2H3,(H,18,21)/t8-/m1/s1. The molecule has 0 saturated heterocycles. The second-order valence-electron chi connectivity index (χ2n) is 4.67. The molecule has 5 nitrogen and oxygen atoms in total. The Bertz CT molecular complexity index is 655. The van der Waals surface area contributed by atoms with Crippen molar-refractivity contribution < 1.29 is 18.7 Å². The number of alkyl halides is 2. The van der Waals surface area contributed by atoms with Crippen molar-refractivity contribution in [1.29, 1.82) is 0 Å². The van der Waals surface area contributed by atoms with E-state index < -0.39 is 18.3 Å². The van der Waals surface area contributed by atoms with E-state index in [4.69, 9.17) is 0 Å². The van der Waals surface area contributed by atoms with Crippen molar-refractivity contribution in [3.05, 3.63) is 41.7 Å². The number of rotatable bonds is 4. The third kappa shape index (κ3) is 3.18. The van der Waals surface area contributed by atoms with Crippen molar-refractivity contribution in [3.63, 3.8) is 0 Å². The molecule has 1 amide bonds. The zero-order chi connectivity index (χ0) is 15.6. The molecule has 0 spiro atoms. The van der Waals surface area contributed by atoms with Crippen molar-refractivity contribution in [2.24, 2.45) is 7.05 Å². The summed E-state index contributed by atoms with van der Waals surface area (Å²) in [5.41, 5.74) is 0.242. The molecule has 1 aromatic heterocycles.